The second kappa shape index (κ2) is 13.5. The zero-order valence-corrected chi connectivity index (χ0v) is 26.7. The van der Waals surface area contributed by atoms with E-state index in [9.17, 15) is 4.79 Å². The standard InChI is InChI=1S/C35H32ClN5O3S/c1-22-10-9-11-24(18-22)20-44-29-17-16-25(19-30(29)43-3)32-31(33(42)38-27-13-5-4-6-14-27)23(2)37-34-39-35(40-41(32)34)45-21-26-12-7-8-15-28(26)36/h4-19,32H,20-21H2,1-3H3,(H,38,42)(H,37,39,40). The van der Waals surface area contributed by atoms with Crippen LogP contribution in [0.1, 0.15) is 35.2 Å². The summed E-state index contributed by atoms with van der Waals surface area (Å²) in [5, 5.41) is 12.5. The van der Waals surface area contributed by atoms with Gasteiger partial charge in [0.05, 0.1) is 12.7 Å². The molecule has 1 atom stereocenters. The molecule has 228 valence electrons. The smallest absolute Gasteiger partial charge is 0.255 e. The maximum atomic E-state index is 13.9. The van der Waals surface area contributed by atoms with Gasteiger partial charge in [-0.15, -0.1) is 5.10 Å². The summed E-state index contributed by atoms with van der Waals surface area (Å²) in [5.41, 5.74) is 5.89. The van der Waals surface area contributed by atoms with Gasteiger partial charge in [0.25, 0.3) is 5.91 Å². The first-order chi connectivity index (χ1) is 21.9. The molecule has 4 aromatic carbocycles. The van der Waals surface area contributed by atoms with Crippen LogP contribution in [-0.4, -0.2) is 27.8 Å². The van der Waals surface area contributed by atoms with Gasteiger partial charge in [0.1, 0.15) is 12.6 Å². The maximum absolute atomic E-state index is 13.9. The van der Waals surface area contributed by atoms with E-state index in [4.69, 9.17) is 31.2 Å². The van der Waals surface area contributed by atoms with Crippen LogP contribution in [-0.2, 0) is 17.2 Å². The van der Waals surface area contributed by atoms with E-state index in [0.717, 1.165) is 16.7 Å². The molecule has 0 saturated heterocycles. The second-order valence-corrected chi connectivity index (χ2v) is 12.0. The van der Waals surface area contributed by atoms with Crippen molar-refractivity contribution in [3.8, 4) is 11.5 Å². The van der Waals surface area contributed by atoms with Crippen molar-refractivity contribution >= 4 is 40.9 Å². The highest BCUT2D eigenvalue weighted by molar-refractivity contribution is 7.98. The lowest BCUT2D eigenvalue weighted by molar-refractivity contribution is -0.113. The zero-order chi connectivity index (χ0) is 31.3. The van der Waals surface area contributed by atoms with Crippen molar-refractivity contribution in [2.45, 2.75) is 37.4 Å². The van der Waals surface area contributed by atoms with E-state index in [-0.39, 0.29) is 5.91 Å². The number of anilines is 2. The Bertz CT molecular complexity index is 1870. The van der Waals surface area contributed by atoms with E-state index in [1.165, 1.54) is 17.3 Å². The van der Waals surface area contributed by atoms with Crippen molar-refractivity contribution in [1.29, 1.82) is 0 Å². The molecular weight excluding hydrogens is 606 g/mol. The predicted octanol–water partition coefficient (Wildman–Crippen LogP) is 8.05. The Kier molecular flexibility index (Phi) is 9.09. The highest BCUT2D eigenvalue weighted by atomic mass is 35.5. The number of methoxy groups -OCH3 is 1. The van der Waals surface area contributed by atoms with Gasteiger partial charge in [-0.3, -0.25) is 4.79 Å². The second-order valence-electron chi connectivity index (χ2n) is 10.6. The predicted molar refractivity (Wildman–Crippen MR) is 179 cm³/mol. The third-order valence-electron chi connectivity index (χ3n) is 7.40. The first-order valence-electron chi connectivity index (χ1n) is 14.4. The van der Waals surface area contributed by atoms with Crippen molar-refractivity contribution in [2.24, 2.45) is 0 Å². The fourth-order valence-electron chi connectivity index (χ4n) is 5.21. The molecule has 0 bridgehead atoms. The average molecular weight is 638 g/mol. The van der Waals surface area contributed by atoms with Gasteiger partial charge in [0.15, 0.2) is 11.5 Å². The topological polar surface area (TPSA) is 90.3 Å². The number of nitrogens with zero attached hydrogens (tertiary/aromatic N) is 3. The van der Waals surface area contributed by atoms with Gasteiger partial charge in [0.2, 0.25) is 11.1 Å². The van der Waals surface area contributed by atoms with Crippen molar-refractivity contribution in [3.63, 3.8) is 0 Å². The molecule has 0 radical (unpaired) electrons. The first kappa shape index (κ1) is 30.3. The van der Waals surface area contributed by atoms with Crippen molar-refractivity contribution in [1.82, 2.24) is 14.8 Å². The summed E-state index contributed by atoms with van der Waals surface area (Å²) in [6.45, 7) is 4.32. The number of carbonyl (C=O) groups excluding carboxylic acids is 1. The summed E-state index contributed by atoms with van der Waals surface area (Å²) in [6.07, 6.45) is 0. The van der Waals surface area contributed by atoms with Gasteiger partial charge < -0.3 is 20.1 Å². The SMILES string of the molecule is COc1cc(C2C(C(=O)Nc3ccccc3)=C(C)Nc3nc(SCc4ccccc4Cl)nn32)ccc1OCc1cccc(C)c1. The summed E-state index contributed by atoms with van der Waals surface area (Å²) in [7, 11) is 1.61. The number of hydrogen-bond donors (Lipinski definition) is 2. The Balaban J connectivity index is 1.34. The molecule has 5 aromatic rings. The number of amides is 1. The van der Waals surface area contributed by atoms with E-state index in [1.54, 1.807) is 11.8 Å². The maximum Gasteiger partial charge on any atom is 0.255 e. The number of carbonyl (C=O) groups is 1. The molecule has 0 aliphatic carbocycles. The van der Waals surface area contributed by atoms with Crippen molar-refractivity contribution < 1.29 is 14.3 Å². The number of halogens is 1. The van der Waals surface area contributed by atoms with Gasteiger partial charge in [-0.2, -0.15) is 4.98 Å². The number of aromatic nitrogens is 3. The zero-order valence-electron chi connectivity index (χ0n) is 25.1. The Morgan fingerprint density at radius 2 is 1.78 bits per heavy atom. The molecule has 10 heteroatoms. The first-order valence-corrected chi connectivity index (χ1v) is 15.8. The van der Waals surface area contributed by atoms with Crippen LogP contribution in [0.3, 0.4) is 0 Å². The van der Waals surface area contributed by atoms with Crippen LogP contribution >= 0.6 is 23.4 Å². The van der Waals surface area contributed by atoms with E-state index >= 15 is 0 Å². The minimum Gasteiger partial charge on any atom is -0.493 e. The fraction of sp³-hybridized carbons (Fsp3) is 0.171. The molecule has 1 unspecified atom stereocenters. The lowest BCUT2D eigenvalue weighted by Crippen LogP contribution is -2.31. The number of thioether (sulfide) groups is 1. The highest BCUT2D eigenvalue weighted by Gasteiger charge is 2.35. The Morgan fingerprint density at radius 1 is 0.978 bits per heavy atom. The van der Waals surface area contributed by atoms with Gasteiger partial charge in [-0.25, -0.2) is 4.68 Å². The number of para-hydroxylation sites is 1. The van der Waals surface area contributed by atoms with Crippen LogP contribution in [0.25, 0.3) is 0 Å². The largest absolute Gasteiger partial charge is 0.493 e. The molecule has 2 N–H and O–H groups in total. The molecule has 1 amide bonds. The van der Waals surface area contributed by atoms with E-state index in [1.807, 2.05) is 91.9 Å². The molecule has 0 saturated carbocycles. The number of allylic oxidation sites excluding steroid dienone is 1. The van der Waals surface area contributed by atoms with Crippen LogP contribution in [0.4, 0.5) is 11.6 Å². The molecule has 6 rings (SSSR count). The number of hydrogen-bond acceptors (Lipinski definition) is 7. The molecular formula is C35H32ClN5O3S. The quantitative estimate of drug-likeness (QED) is 0.150. The molecule has 0 spiro atoms. The monoisotopic (exact) mass is 637 g/mol. The molecule has 8 nitrogen and oxygen atoms in total. The molecule has 1 aromatic heterocycles. The molecule has 1 aliphatic heterocycles. The minimum atomic E-state index is -0.591. The molecule has 0 fully saturated rings. The summed E-state index contributed by atoms with van der Waals surface area (Å²) in [4.78, 5) is 18.7. The van der Waals surface area contributed by atoms with Crippen molar-refractivity contribution in [2.75, 3.05) is 17.7 Å². The number of nitrogens with one attached hydrogen (secondary N) is 2. The lowest BCUT2D eigenvalue weighted by Gasteiger charge is -2.29. The lowest BCUT2D eigenvalue weighted by atomic mass is 9.94. The van der Waals surface area contributed by atoms with Gasteiger partial charge in [-0.05, 0) is 60.9 Å². The Hall–Kier alpha value is -4.73. The molecule has 45 heavy (non-hydrogen) atoms. The van der Waals surface area contributed by atoms with E-state index < -0.39 is 6.04 Å². The average Bonchev–Trinajstić information content (AvgIpc) is 3.45. The number of ether oxygens (including phenoxy) is 2. The van der Waals surface area contributed by atoms with Crippen LogP contribution < -0.4 is 20.1 Å². The van der Waals surface area contributed by atoms with Crippen LogP contribution in [0.15, 0.2) is 113 Å². The van der Waals surface area contributed by atoms with Gasteiger partial charge >= 0.3 is 0 Å². The highest BCUT2D eigenvalue weighted by Crippen LogP contribution is 2.40. The summed E-state index contributed by atoms with van der Waals surface area (Å²) in [5.74, 6) is 2.04. The Labute approximate surface area is 271 Å². The Morgan fingerprint density at radius 3 is 2.56 bits per heavy atom. The van der Waals surface area contributed by atoms with E-state index in [0.29, 0.717) is 56.9 Å². The fourth-order valence-corrected chi connectivity index (χ4v) is 6.32. The number of benzene rings is 4. The number of aryl methyl sites for hydroxylation is 1. The van der Waals surface area contributed by atoms with Crippen molar-refractivity contribution in [3.05, 3.63) is 136 Å². The van der Waals surface area contributed by atoms with Crippen LogP contribution in [0, 0.1) is 6.92 Å². The van der Waals surface area contributed by atoms with Crippen LogP contribution in [0.2, 0.25) is 5.02 Å². The number of rotatable bonds is 10. The third kappa shape index (κ3) is 6.84. The summed E-state index contributed by atoms with van der Waals surface area (Å²) < 4.78 is 13.7. The van der Waals surface area contributed by atoms with E-state index in [2.05, 4.69) is 29.7 Å². The molecule has 2 heterocycles. The molecule has 1 aliphatic rings. The summed E-state index contributed by atoms with van der Waals surface area (Å²) >= 11 is 7.87. The van der Waals surface area contributed by atoms with Gasteiger partial charge in [0, 0.05) is 22.2 Å². The number of fused-ring (bicyclic) bond motifs is 1. The normalized spacial score (nSPS) is 14.0. The van der Waals surface area contributed by atoms with Crippen LogP contribution in [0.5, 0.6) is 11.5 Å². The minimum absolute atomic E-state index is 0.249. The van der Waals surface area contributed by atoms with Gasteiger partial charge in [-0.1, -0.05) is 95.7 Å². The summed E-state index contributed by atoms with van der Waals surface area (Å²) in [6, 6.07) is 30.4. The third-order valence-corrected chi connectivity index (χ3v) is 8.66.